The van der Waals surface area contributed by atoms with Crippen molar-refractivity contribution in [3.63, 3.8) is 0 Å². The van der Waals surface area contributed by atoms with E-state index < -0.39 is 0 Å². The third kappa shape index (κ3) is 4.29. The zero-order chi connectivity index (χ0) is 22.0. The number of nitrogens with one attached hydrogen (secondary N) is 1. The van der Waals surface area contributed by atoms with Crippen molar-refractivity contribution in [3.05, 3.63) is 82.9 Å². The van der Waals surface area contributed by atoms with Gasteiger partial charge in [0.15, 0.2) is 5.11 Å². The average Bonchev–Trinajstić information content (AvgIpc) is 3.38. The molecule has 8 heteroatoms. The first-order valence-electron chi connectivity index (χ1n) is 9.98. The van der Waals surface area contributed by atoms with Crippen LogP contribution in [0.15, 0.2) is 60.9 Å². The lowest BCUT2D eigenvalue weighted by atomic mass is 10.0. The van der Waals surface area contributed by atoms with E-state index in [1.165, 1.54) is 7.11 Å². The first kappa shape index (κ1) is 21.3. The van der Waals surface area contributed by atoms with Gasteiger partial charge in [-0.25, -0.2) is 0 Å². The van der Waals surface area contributed by atoms with Gasteiger partial charge < -0.3 is 19.5 Å². The van der Waals surface area contributed by atoms with Crippen molar-refractivity contribution in [3.8, 4) is 5.69 Å². The van der Waals surface area contributed by atoms with Crippen LogP contribution >= 0.6 is 23.8 Å². The van der Waals surface area contributed by atoms with E-state index in [4.69, 9.17) is 28.6 Å². The van der Waals surface area contributed by atoms with Gasteiger partial charge >= 0.3 is 5.97 Å². The molecule has 3 aromatic rings. The predicted octanol–water partition coefficient (Wildman–Crippen LogP) is 4.37. The van der Waals surface area contributed by atoms with E-state index in [1.807, 2.05) is 54.4 Å². The van der Waals surface area contributed by atoms with Crippen molar-refractivity contribution in [1.29, 1.82) is 0 Å². The normalized spacial score (nSPS) is 18.2. The number of halogens is 1. The van der Waals surface area contributed by atoms with Crippen molar-refractivity contribution in [1.82, 2.24) is 19.8 Å². The Morgan fingerprint density at radius 3 is 2.81 bits per heavy atom. The van der Waals surface area contributed by atoms with Crippen LogP contribution in [0.2, 0.25) is 5.02 Å². The molecule has 0 radical (unpaired) electrons. The molecule has 1 N–H and O–H groups in total. The Labute approximate surface area is 191 Å². The van der Waals surface area contributed by atoms with Crippen molar-refractivity contribution in [2.45, 2.75) is 25.4 Å². The van der Waals surface area contributed by atoms with Gasteiger partial charge in [-0.3, -0.25) is 9.78 Å². The minimum absolute atomic E-state index is 0.155. The van der Waals surface area contributed by atoms with E-state index in [0.29, 0.717) is 11.7 Å². The van der Waals surface area contributed by atoms with Crippen LogP contribution in [0.1, 0.15) is 35.5 Å². The van der Waals surface area contributed by atoms with Gasteiger partial charge in [-0.1, -0.05) is 17.7 Å². The molecule has 2 aromatic heterocycles. The molecule has 3 heterocycles. The van der Waals surface area contributed by atoms with Crippen LogP contribution in [-0.4, -0.2) is 39.2 Å². The molecule has 2 atom stereocenters. The number of thiocarbonyl (C=S) groups is 1. The lowest BCUT2D eigenvalue weighted by Crippen LogP contribution is -2.32. The zero-order valence-corrected chi connectivity index (χ0v) is 18.9. The molecule has 31 heavy (non-hydrogen) atoms. The third-order valence-electron chi connectivity index (χ3n) is 5.49. The topological polar surface area (TPSA) is 59.4 Å². The molecular weight excluding hydrogens is 432 g/mol. The lowest BCUT2D eigenvalue weighted by Gasteiger charge is -2.28. The summed E-state index contributed by atoms with van der Waals surface area (Å²) in [6.45, 7) is 2.43. The van der Waals surface area contributed by atoms with Crippen LogP contribution in [0.5, 0.6) is 0 Å². The minimum Gasteiger partial charge on any atom is -0.469 e. The highest BCUT2D eigenvalue weighted by atomic mass is 35.5. The maximum absolute atomic E-state index is 11.8. The summed E-state index contributed by atoms with van der Waals surface area (Å²) in [7, 11) is 1.39. The maximum Gasteiger partial charge on any atom is 0.307 e. The predicted molar refractivity (Wildman–Crippen MR) is 124 cm³/mol. The number of nitrogens with zero attached hydrogens (tertiary/aromatic N) is 3. The molecule has 1 aromatic carbocycles. The van der Waals surface area contributed by atoms with Gasteiger partial charge in [0.05, 0.1) is 31.3 Å². The van der Waals surface area contributed by atoms with Gasteiger partial charge in [-0.15, -0.1) is 0 Å². The SMILES string of the molecule is COC(=O)CCN1C(=S)N[C@@H](c2ccccn2)[C@@H]1c1cccn1-c1ccc(Cl)c(C)c1. The van der Waals surface area contributed by atoms with Crippen molar-refractivity contribution in [2.75, 3.05) is 13.7 Å². The maximum atomic E-state index is 11.8. The van der Waals surface area contributed by atoms with E-state index in [1.54, 1.807) is 6.20 Å². The summed E-state index contributed by atoms with van der Waals surface area (Å²) in [6.07, 6.45) is 4.04. The molecule has 4 rings (SSSR count). The quantitative estimate of drug-likeness (QED) is 0.441. The summed E-state index contributed by atoms with van der Waals surface area (Å²) < 4.78 is 6.97. The van der Waals surface area contributed by atoms with Gasteiger partial charge in [-0.05, 0) is 67.2 Å². The second-order valence-electron chi connectivity index (χ2n) is 7.38. The highest BCUT2D eigenvalue weighted by Crippen LogP contribution is 2.39. The van der Waals surface area contributed by atoms with Crippen LogP contribution in [0, 0.1) is 6.92 Å². The lowest BCUT2D eigenvalue weighted by molar-refractivity contribution is -0.140. The van der Waals surface area contributed by atoms with Crippen molar-refractivity contribution >= 4 is 34.9 Å². The van der Waals surface area contributed by atoms with Crippen LogP contribution in [0.3, 0.4) is 0 Å². The van der Waals surface area contributed by atoms with Gasteiger partial charge in [-0.2, -0.15) is 0 Å². The van der Waals surface area contributed by atoms with Gasteiger partial charge in [0, 0.05) is 35.3 Å². The minimum atomic E-state index is -0.272. The zero-order valence-electron chi connectivity index (χ0n) is 17.3. The highest BCUT2D eigenvalue weighted by molar-refractivity contribution is 7.80. The second-order valence-corrected chi connectivity index (χ2v) is 8.18. The summed E-state index contributed by atoms with van der Waals surface area (Å²) >= 11 is 11.9. The first-order chi connectivity index (χ1) is 15.0. The molecule has 1 saturated heterocycles. The fourth-order valence-electron chi connectivity index (χ4n) is 3.93. The Bertz CT molecular complexity index is 1100. The van der Waals surface area contributed by atoms with Crippen molar-refractivity contribution < 1.29 is 9.53 Å². The standard InChI is InChI=1S/C23H23ClN4O2S/c1-15-14-16(8-9-17(15)24)27-12-5-7-19(27)22-21(18-6-3-4-11-25-18)26-23(31)28(22)13-10-20(29)30-2/h3-9,11-12,14,21-22H,10,13H2,1-2H3,(H,26,31)/t21-,22-/m0/s1. The summed E-state index contributed by atoms with van der Waals surface area (Å²) in [5.74, 6) is -0.272. The number of esters is 1. The molecular formula is C23H23ClN4O2S. The first-order valence-corrected chi connectivity index (χ1v) is 10.8. The fraction of sp³-hybridized carbons (Fsp3) is 0.261. The molecule has 0 aliphatic carbocycles. The van der Waals surface area contributed by atoms with E-state index in [0.717, 1.165) is 27.7 Å². The van der Waals surface area contributed by atoms with Crippen LogP contribution in [-0.2, 0) is 9.53 Å². The Morgan fingerprint density at radius 2 is 2.10 bits per heavy atom. The Hall–Kier alpha value is -2.90. The number of methoxy groups -OCH3 is 1. The summed E-state index contributed by atoms with van der Waals surface area (Å²) in [4.78, 5) is 18.4. The molecule has 1 aliphatic rings. The molecule has 0 unspecified atom stereocenters. The van der Waals surface area contributed by atoms with E-state index in [-0.39, 0.29) is 24.5 Å². The molecule has 0 saturated carbocycles. The Balaban J connectivity index is 1.77. The Morgan fingerprint density at radius 1 is 1.26 bits per heavy atom. The summed E-state index contributed by atoms with van der Waals surface area (Å²) in [5, 5.41) is 4.72. The van der Waals surface area contributed by atoms with Crippen LogP contribution in [0.25, 0.3) is 5.69 Å². The number of rotatable bonds is 6. The number of benzene rings is 1. The number of aromatic nitrogens is 2. The van der Waals surface area contributed by atoms with Gasteiger partial charge in [0.1, 0.15) is 0 Å². The average molecular weight is 455 g/mol. The van der Waals surface area contributed by atoms with E-state index in [9.17, 15) is 4.79 Å². The molecule has 1 fully saturated rings. The largest absolute Gasteiger partial charge is 0.469 e. The van der Waals surface area contributed by atoms with Gasteiger partial charge in [0.2, 0.25) is 0 Å². The number of carbonyl (C=O) groups is 1. The van der Waals surface area contributed by atoms with E-state index >= 15 is 0 Å². The number of hydrogen-bond acceptors (Lipinski definition) is 4. The molecule has 0 spiro atoms. The number of carbonyl (C=O) groups excluding carboxylic acids is 1. The molecule has 160 valence electrons. The van der Waals surface area contributed by atoms with E-state index in [2.05, 4.69) is 27.0 Å². The van der Waals surface area contributed by atoms with Gasteiger partial charge in [0.25, 0.3) is 0 Å². The second kappa shape index (κ2) is 9.08. The molecule has 0 amide bonds. The number of pyridine rings is 1. The number of ether oxygens (including phenoxy) is 1. The molecule has 1 aliphatic heterocycles. The fourth-order valence-corrected chi connectivity index (χ4v) is 4.38. The molecule has 0 bridgehead atoms. The summed E-state index contributed by atoms with van der Waals surface area (Å²) in [5.41, 5.74) is 3.93. The number of aryl methyl sites for hydroxylation is 1. The highest BCUT2D eigenvalue weighted by Gasteiger charge is 2.41. The molecule has 6 nitrogen and oxygen atoms in total. The number of hydrogen-bond donors (Lipinski definition) is 1. The smallest absolute Gasteiger partial charge is 0.307 e. The van der Waals surface area contributed by atoms with Crippen molar-refractivity contribution in [2.24, 2.45) is 0 Å². The van der Waals surface area contributed by atoms with Crippen LogP contribution in [0.4, 0.5) is 0 Å². The summed E-state index contributed by atoms with van der Waals surface area (Å²) in [6, 6.07) is 15.6. The third-order valence-corrected chi connectivity index (χ3v) is 6.26. The Kier molecular flexibility index (Phi) is 6.25. The van der Waals surface area contributed by atoms with Crippen LogP contribution < -0.4 is 5.32 Å². The monoisotopic (exact) mass is 454 g/mol.